The van der Waals surface area contributed by atoms with Crippen LogP contribution in [0.25, 0.3) is 0 Å². The Morgan fingerprint density at radius 3 is 2.74 bits per heavy atom. The summed E-state index contributed by atoms with van der Waals surface area (Å²) >= 11 is 1.25. The van der Waals surface area contributed by atoms with Crippen LogP contribution >= 0.6 is 11.8 Å². The van der Waals surface area contributed by atoms with Crippen molar-refractivity contribution in [1.29, 1.82) is 0 Å². The Bertz CT molecular complexity index is 780. The van der Waals surface area contributed by atoms with Crippen LogP contribution in [0.5, 0.6) is 11.5 Å². The number of ether oxygens (including phenoxy) is 2. The van der Waals surface area contributed by atoms with Crippen molar-refractivity contribution in [2.24, 2.45) is 11.8 Å². The maximum absolute atomic E-state index is 12.2. The minimum Gasteiger partial charge on any atom is -0.497 e. The number of thioether (sulfide) groups is 1. The van der Waals surface area contributed by atoms with Gasteiger partial charge in [-0.15, -0.1) is 10.2 Å². The van der Waals surface area contributed by atoms with Crippen LogP contribution < -0.4 is 14.8 Å². The van der Waals surface area contributed by atoms with Crippen molar-refractivity contribution in [3.63, 3.8) is 0 Å². The van der Waals surface area contributed by atoms with E-state index in [1.807, 2.05) is 24.3 Å². The molecule has 4 rings (SSSR count). The largest absolute Gasteiger partial charge is 0.497 e. The van der Waals surface area contributed by atoms with E-state index in [1.165, 1.54) is 31.0 Å². The molecule has 2 bridgehead atoms. The molecule has 2 saturated carbocycles. The van der Waals surface area contributed by atoms with E-state index in [-0.39, 0.29) is 18.3 Å². The van der Waals surface area contributed by atoms with Gasteiger partial charge in [0.25, 0.3) is 11.1 Å². The van der Waals surface area contributed by atoms with Crippen molar-refractivity contribution >= 4 is 17.7 Å². The van der Waals surface area contributed by atoms with Gasteiger partial charge in [-0.2, -0.15) is 0 Å². The van der Waals surface area contributed by atoms with E-state index >= 15 is 0 Å². The number of rotatable bonds is 8. The lowest BCUT2D eigenvalue weighted by atomic mass is 9.95. The van der Waals surface area contributed by atoms with Crippen LogP contribution in [0.2, 0.25) is 0 Å². The molecule has 7 nitrogen and oxygen atoms in total. The highest BCUT2D eigenvalue weighted by Gasteiger charge is 2.40. The number of benzene rings is 1. The predicted octanol–water partition coefficient (Wildman–Crippen LogP) is 3.05. The number of methoxy groups -OCH3 is 1. The van der Waals surface area contributed by atoms with Gasteiger partial charge in [-0.05, 0) is 55.4 Å². The number of carbonyl (C=O) groups is 1. The first kappa shape index (κ1) is 18.2. The fraction of sp³-hybridized carbons (Fsp3) is 0.526. The number of carbonyl (C=O) groups excluding carboxylic acids is 1. The van der Waals surface area contributed by atoms with Crippen LogP contribution in [0, 0.1) is 11.8 Å². The second kappa shape index (κ2) is 8.21. The Labute approximate surface area is 162 Å². The Morgan fingerprint density at radius 2 is 2.04 bits per heavy atom. The fourth-order valence-electron chi connectivity index (χ4n) is 3.97. The first-order valence-corrected chi connectivity index (χ1v) is 10.2. The summed E-state index contributed by atoms with van der Waals surface area (Å²) in [5.74, 6) is 3.64. The van der Waals surface area contributed by atoms with Gasteiger partial charge in [0.2, 0.25) is 5.91 Å². The highest BCUT2D eigenvalue weighted by Crippen LogP contribution is 2.44. The molecule has 0 radical (unpaired) electrons. The van der Waals surface area contributed by atoms with E-state index in [4.69, 9.17) is 13.9 Å². The number of hydrogen-bond donors (Lipinski definition) is 1. The molecule has 2 aliphatic carbocycles. The van der Waals surface area contributed by atoms with Gasteiger partial charge in [0.1, 0.15) is 11.5 Å². The van der Waals surface area contributed by atoms with Crippen molar-refractivity contribution in [2.45, 2.75) is 43.6 Å². The van der Waals surface area contributed by atoms with Gasteiger partial charge in [-0.1, -0.05) is 18.2 Å². The van der Waals surface area contributed by atoms with Crippen molar-refractivity contribution in [3.05, 3.63) is 30.2 Å². The standard InChI is InChI=1S/C19H23N3O4S/c1-24-14-4-6-15(7-5-14)25-10-18-21-22-19(26-18)27-11-17(23)20-16-9-12-2-3-13(16)8-12/h4-7,12-13,16H,2-3,8-11H2,1H3,(H,20,23)/t12-,13-,16+/m1/s1. The summed E-state index contributed by atoms with van der Waals surface area (Å²) in [5, 5.41) is 11.5. The summed E-state index contributed by atoms with van der Waals surface area (Å²) in [6.45, 7) is 0.178. The van der Waals surface area contributed by atoms with Crippen LogP contribution in [0.4, 0.5) is 0 Å². The molecule has 27 heavy (non-hydrogen) atoms. The minimum atomic E-state index is 0.0341. The lowest BCUT2D eigenvalue weighted by molar-refractivity contribution is -0.119. The van der Waals surface area contributed by atoms with E-state index in [9.17, 15) is 4.79 Å². The molecule has 1 amide bonds. The third-order valence-electron chi connectivity index (χ3n) is 5.28. The van der Waals surface area contributed by atoms with Gasteiger partial charge in [-0.3, -0.25) is 4.79 Å². The lowest BCUT2D eigenvalue weighted by Gasteiger charge is -2.22. The fourth-order valence-corrected chi connectivity index (χ4v) is 4.56. The van der Waals surface area contributed by atoms with Crippen LogP contribution in [0.1, 0.15) is 31.6 Å². The average molecular weight is 389 g/mol. The molecule has 2 aliphatic rings. The highest BCUT2D eigenvalue weighted by molar-refractivity contribution is 7.99. The number of nitrogens with zero attached hydrogens (tertiary/aromatic N) is 2. The first-order chi connectivity index (χ1) is 13.2. The third-order valence-corrected chi connectivity index (χ3v) is 6.10. The smallest absolute Gasteiger partial charge is 0.277 e. The van der Waals surface area contributed by atoms with Crippen LogP contribution in [0.3, 0.4) is 0 Å². The molecule has 144 valence electrons. The van der Waals surface area contributed by atoms with Crippen molar-refractivity contribution in [1.82, 2.24) is 15.5 Å². The van der Waals surface area contributed by atoms with E-state index in [0.717, 1.165) is 18.1 Å². The van der Waals surface area contributed by atoms with Gasteiger partial charge < -0.3 is 19.2 Å². The summed E-state index contributed by atoms with van der Waals surface area (Å²) < 4.78 is 16.2. The molecule has 0 unspecified atom stereocenters. The van der Waals surface area contributed by atoms with Crippen molar-refractivity contribution in [3.8, 4) is 11.5 Å². The summed E-state index contributed by atoms with van der Waals surface area (Å²) in [5.41, 5.74) is 0. The molecule has 1 heterocycles. The van der Waals surface area contributed by atoms with E-state index in [1.54, 1.807) is 7.11 Å². The number of amides is 1. The zero-order valence-corrected chi connectivity index (χ0v) is 16.0. The quantitative estimate of drug-likeness (QED) is 0.694. The molecule has 2 aromatic rings. The molecular weight excluding hydrogens is 366 g/mol. The summed E-state index contributed by atoms with van der Waals surface area (Å²) in [7, 11) is 1.62. The molecule has 1 N–H and O–H groups in total. The van der Waals surface area contributed by atoms with Gasteiger partial charge in [0.05, 0.1) is 12.9 Å². The van der Waals surface area contributed by atoms with Crippen LogP contribution in [-0.2, 0) is 11.4 Å². The van der Waals surface area contributed by atoms with E-state index in [2.05, 4.69) is 15.5 Å². The number of nitrogens with one attached hydrogen (secondary N) is 1. The Balaban J connectivity index is 1.20. The van der Waals surface area contributed by atoms with Gasteiger partial charge in [0.15, 0.2) is 6.61 Å². The molecule has 3 atom stereocenters. The zero-order chi connectivity index (χ0) is 18.6. The molecular formula is C19H23N3O4S. The van der Waals surface area contributed by atoms with Gasteiger partial charge in [0, 0.05) is 6.04 Å². The van der Waals surface area contributed by atoms with E-state index < -0.39 is 0 Å². The Hall–Kier alpha value is -2.22. The topological polar surface area (TPSA) is 86.5 Å². The summed E-state index contributed by atoms with van der Waals surface area (Å²) in [6, 6.07) is 7.61. The van der Waals surface area contributed by atoms with Crippen molar-refractivity contribution < 1.29 is 18.7 Å². The maximum Gasteiger partial charge on any atom is 0.277 e. The normalized spacial score (nSPS) is 23.4. The maximum atomic E-state index is 12.2. The molecule has 0 spiro atoms. The second-order valence-corrected chi connectivity index (χ2v) is 7.99. The third kappa shape index (κ3) is 4.55. The Kier molecular flexibility index (Phi) is 5.52. The molecule has 1 aromatic carbocycles. The second-order valence-electron chi connectivity index (χ2n) is 7.06. The van der Waals surface area contributed by atoms with Crippen LogP contribution in [-0.4, -0.2) is 35.0 Å². The predicted molar refractivity (Wildman–Crippen MR) is 99.7 cm³/mol. The number of fused-ring (bicyclic) bond motifs is 2. The molecule has 1 aromatic heterocycles. The average Bonchev–Trinajstić information content (AvgIpc) is 3.42. The highest BCUT2D eigenvalue weighted by atomic mass is 32.2. The summed E-state index contributed by atoms with van der Waals surface area (Å²) in [4.78, 5) is 12.2. The monoisotopic (exact) mass is 389 g/mol. The number of aromatic nitrogens is 2. The zero-order valence-electron chi connectivity index (χ0n) is 15.2. The van der Waals surface area contributed by atoms with Crippen molar-refractivity contribution in [2.75, 3.05) is 12.9 Å². The SMILES string of the molecule is COc1ccc(OCc2nnc(SCC(=O)N[C@H]3C[C@@H]4CC[C@@H]3C4)o2)cc1. The Morgan fingerprint density at radius 1 is 1.22 bits per heavy atom. The molecule has 0 saturated heterocycles. The molecule has 8 heteroatoms. The first-order valence-electron chi connectivity index (χ1n) is 9.21. The van der Waals surface area contributed by atoms with Gasteiger partial charge in [-0.25, -0.2) is 0 Å². The minimum absolute atomic E-state index is 0.0341. The lowest BCUT2D eigenvalue weighted by Crippen LogP contribution is -2.39. The van der Waals surface area contributed by atoms with Crippen LogP contribution in [0.15, 0.2) is 33.9 Å². The number of hydrogen-bond acceptors (Lipinski definition) is 7. The molecule has 2 fully saturated rings. The van der Waals surface area contributed by atoms with E-state index in [0.29, 0.717) is 28.8 Å². The molecule has 0 aliphatic heterocycles. The van der Waals surface area contributed by atoms with Gasteiger partial charge >= 0.3 is 0 Å². The summed E-state index contributed by atoms with van der Waals surface area (Å²) in [6.07, 6.45) is 4.99.